The summed E-state index contributed by atoms with van der Waals surface area (Å²) in [6, 6.07) is 4.23. The lowest BCUT2D eigenvalue weighted by Gasteiger charge is -2.32. The van der Waals surface area contributed by atoms with Crippen LogP contribution in [-0.2, 0) is 0 Å². The van der Waals surface area contributed by atoms with Crippen molar-refractivity contribution in [2.45, 2.75) is 40.2 Å². The second-order valence-corrected chi connectivity index (χ2v) is 5.69. The van der Waals surface area contributed by atoms with Gasteiger partial charge in [-0.05, 0) is 48.9 Å². The summed E-state index contributed by atoms with van der Waals surface area (Å²) in [4.78, 5) is 0. The minimum atomic E-state index is -0.00986. The van der Waals surface area contributed by atoms with E-state index >= 15 is 0 Å². The van der Waals surface area contributed by atoms with Crippen molar-refractivity contribution in [1.29, 1.82) is 0 Å². The average Bonchev–Trinajstić information content (AvgIpc) is 2.27. The molecule has 0 aliphatic heterocycles. The highest BCUT2D eigenvalue weighted by molar-refractivity contribution is 5.44. The van der Waals surface area contributed by atoms with Crippen molar-refractivity contribution >= 4 is 0 Å². The van der Waals surface area contributed by atoms with Crippen molar-refractivity contribution in [3.8, 4) is 5.75 Å². The molecule has 3 nitrogen and oxygen atoms in total. The lowest BCUT2D eigenvalue weighted by molar-refractivity contribution is 0.270. The second-order valence-electron chi connectivity index (χ2n) is 5.69. The summed E-state index contributed by atoms with van der Waals surface area (Å²) in [6.07, 6.45) is 0.915. The van der Waals surface area contributed by atoms with Crippen LogP contribution in [0, 0.1) is 19.3 Å². The van der Waals surface area contributed by atoms with Crippen molar-refractivity contribution in [2.75, 3.05) is 13.7 Å². The molecule has 0 bridgehead atoms. The molecule has 0 fully saturated rings. The van der Waals surface area contributed by atoms with Crippen LogP contribution >= 0.6 is 0 Å². The van der Waals surface area contributed by atoms with Crippen molar-refractivity contribution in [2.24, 2.45) is 16.9 Å². The fraction of sp³-hybridized carbons (Fsp3) is 0.600. The van der Waals surface area contributed by atoms with Crippen LogP contribution in [0.3, 0.4) is 0 Å². The van der Waals surface area contributed by atoms with Gasteiger partial charge >= 0.3 is 0 Å². The fourth-order valence-corrected chi connectivity index (χ4v) is 2.46. The molecule has 0 saturated heterocycles. The van der Waals surface area contributed by atoms with Gasteiger partial charge in [-0.1, -0.05) is 26.0 Å². The summed E-state index contributed by atoms with van der Waals surface area (Å²) in [7, 11) is 1.70. The highest BCUT2D eigenvalue weighted by Gasteiger charge is 2.27. The van der Waals surface area contributed by atoms with Crippen molar-refractivity contribution < 1.29 is 4.74 Å². The van der Waals surface area contributed by atoms with Gasteiger partial charge in [0.1, 0.15) is 5.75 Å². The molecule has 1 aromatic rings. The predicted octanol–water partition coefficient (Wildman–Crippen LogP) is 2.69. The molecule has 1 atom stereocenters. The van der Waals surface area contributed by atoms with Gasteiger partial charge in [0.15, 0.2) is 0 Å². The number of hydrogen-bond donors (Lipinski definition) is 2. The molecule has 1 unspecified atom stereocenters. The van der Waals surface area contributed by atoms with E-state index in [0.29, 0.717) is 6.54 Å². The van der Waals surface area contributed by atoms with Gasteiger partial charge in [-0.25, -0.2) is 0 Å². The first-order valence-electron chi connectivity index (χ1n) is 6.44. The van der Waals surface area contributed by atoms with E-state index in [0.717, 1.165) is 28.9 Å². The zero-order chi connectivity index (χ0) is 13.9. The molecule has 18 heavy (non-hydrogen) atoms. The maximum absolute atomic E-state index is 6.39. The first kappa shape index (κ1) is 15.0. The molecule has 0 heterocycles. The third kappa shape index (κ3) is 3.03. The molecule has 0 saturated carbocycles. The number of methoxy groups -OCH3 is 1. The monoisotopic (exact) mass is 250 g/mol. The molecule has 1 rings (SSSR count). The third-order valence-corrected chi connectivity index (χ3v) is 3.68. The number of nitrogens with two attached hydrogens (primary N) is 2. The zero-order valence-electron chi connectivity index (χ0n) is 12.2. The zero-order valence-corrected chi connectivity index (χ0v) is 12.2. The predicted molar refractivity (Wildman–Crippen MR) is 76.8 cm³/mol. The van der Waals surface area contributed by atoms with Crippen LogP contribution in [0.5, 0.6) is 5.75 Å². The molecule has 0 radical (unpaired) electrons. The topological polar surface area (TPSA) is 61.3 Å². The van der Waals surface area contributed by atoms with Crippen LogP contribution in [0.1, 0.15) is 43.0 Å². The fourth-order valence-electron chi connectivity index (χ4n) is 2.46. The van der Waals surface area contributed by atoms with E-state index in [2.05, 4.69) is 39.8 Å². The average molecular weight is 250 g/mol. The van der Waals surface area contributed by atoms with E-state index in [1.807, 2.05) is 0 Å². The van der Waals surface area contributed by atoms with Crippen LogP contribution in [0.25, 0.3) is 0 Å². The normalized spacial score (nSPS) is 13.5. The lowest BCUT2D eigenvalue weighted by Crippen LogP contribution is -2.31. The van der Waals surface area contributed by atoms with Gasteiger partial charge in [0.05, 0.1) is 7.11 Å². The Hall–Kier alpha value is -1.06. The van der Waals surface area contributed by atoms with Gasteiger partial charge in [-0.15, -0.1) is 0 Å². The second kappa shape index (κ2) is 5.72. The van der Waals surface area contributed by atoms with E-state index in [1.54, 1.807) is 7.11 Å². The van der Waals surface area contributed by atoms with Gasteiger partial charge in [0.2, 0.25) is 0 Å². The molecular formula is C15H26N2O. The van der Waals surface area contributed by atoms with Crippen molar-refractivity contribution in [1.82, 2.24) is 0 Å². The number of hydrogen-bond acceptors (Lipinski definition) is 3. The summed E-state index contributed by atoms with van der Waals surface area (Å²) < 4.78 is 5.38. The summed E-state index contributed by atoms with van der Waals surface area (Å²) in [6.45, 7) is 9.10. The van der Waals surface area contributed by atoms with Crippen LogP contribution in [0.15, 0.2) is 12.1 Å². The minimum absolute atomic E-state index is 0.00220. The number of benzene rings is 1. The standard InChI is InChI=1S/C15H26N2O/c1-10-8-12(9-11(2)13(10)18-5)14(17)15(3,4)6-7-16/h8-9,14H,6-7,16-17H2,1-5H3. The third-order valence-electron chi connectivity index (χ3n) is 3.68. The van der Waals surface area contributed by atoms with Crippen LogP contribution < -0.4 is 16.2 Å². The summed E-state index contributed by atoms with van der Waals surface area (Å²) in [5, 5.41) is 0. The smallest absolute Gasteiger partial charge is 0.124 e. The lowest BCUT2D eigenvalue weighted by atomic mass is 9.78. The van der Waals surface area contributed by atoms with E-state index in [-0.39, 0.29) is 11.5 Å². The maximum Gasteiger partial charge on any atom is 0.124 e. The molecule has 0 aliphatic carbocycles. The van der Waals surface area contributed by atoms with Crippen LogP contribution in [0.4, 0.5) is 0 Å². The molecule has 0 aromatic heterocycles. The van der Waals surface area contributed by atoms with E-state index in [1.165, 1.54) is 0 Å². The summed E-state index contributed by atoms with van der Waals surface area (Å²) >= 11 is 0. The Labute approximate surface area is 111 Å². The van der Waals surface area contributed by atoms with E-state index < -0.39 is 0 Å². The number of ether oxygens (including phenoxy) is 1. The highest BCUT2D eigenvalue weighted by Crippen LogP contribution is 2.36. The number of rotatable bonds is 5. The summed E-state index contributed by atoms with van der Waals surface area (Å²) in [5.41, 5.74) is 15.5. The van der Waals surface area contributed by atoms with Gasteiger partial charge in [0, 0.05) is 6.04 Å². The van der Waals surface area contributed by atoms with Crippen LogP contribution in [0.2, 0.25) is 0 Å². The molecule has 102 valence electrons. The Kier molecular flexibility index (Phi) is 4.77. The quantitative estimate of drug-likeness (QED) is 0.844. The van der Waals surface area contributed by atoms with Gasteiger partial charge in [-0.2, -0.15) is 0 Å². The summed E-state index contributed by atoms with van der Waals surface area (Å²) in [5.74, 6) is 0.947. The molecule has 1 aromatic carbocycles. The largest absolute Gasteiger partial charge is 0.496 e. The van der Waals surface area contributed by atoms with Gasteiger partial charge in [0.25, 0.3) is 0 Å². The Morgan fingerprint density at radius 3 is 2.11 bits per heavy atom. The SMILES string of the molecule is COc1c(C)cc(C(N)C(C)(C)CCN)cc1C. The van der Waals surface area contributed by atoms with E-state index in [9.17, 15) is 0 Å². The Morgan fingerprint density at radius 2 is 1.72 bits per heavy atom. The molecule has 0 amide bonds. The molecule has 4 N–H and O–H groups in total. The molecular weight excluding hydrogens is 224 g/mol. The van der Waals surface area contributed by atoms with Gasteiger partial charge in [-0.3, -0.25) is 0 Å². The minimum Gasteiger partial charge on any atom is -0.496 e. The maximum atomic E-state index is 6.39. The van der Waals surface area contributed by atoms with Crippen LogP contribution in [-0.4, -0.2) is 13.7 Å². The Morgan fingerprint density at radius 1 is 1.22 bits per heavy atom. The molecule has 0 spiro atoms. The Balaban J connectivity index is 3.11. The first-order valence-corrected chi connectivity index (χ1v) is 6.44. The van der Waals surface area contributed by atoms with Crippen molar-refractivity contribution in [3.05, 3.63) is 28.8 Å². The highest BCUT2D eigenvalue weighted by atomic mass is 16.5. The number of aryl methyl sites for hydroxylation is 2. The van der Waals surface area contributed by atoms with Crippen molar-refractivity contribution in [3.63, 3.8) is 0 Å². The molecule has 3 heteroatoms. The Bertz CT molecular complexity index is 390. The van der Waals surface area contributed by atoms with Gasteiger partial charge < -0.3 is 16.2 Å². The first-order chi connectivity index (χ1) is 8.33. The molecule has 0 aliphatic rings. The van der Waals surface area contributed by atoms with E-state index in [4.69, 9.17) is 16.2 Å².